The Kier molecular flexibility index (Phi) is 11.1. The number of fused-ring (bicyclic) bond motifs is 2. The fourth-order valence-corrected chi connectivity index (χ4v) is 6.12. The predicted octanol–water partition coefficient (Wildman–Crippen LogP) is 4.70. The molecule has 0 aromatic rings. The van der Waals surface area contributed by atoms with E-state index in [4.69, 9.17) is 28.4 Å². The number of esters is 4. The lowest BCUT2D eigenvalue weighted by atomic mass is 9.45. The third-order valence-electron chi connectivity index (χ3n) is 9.22. The fraction of sp³-hybridized carbons (Fsp3) is 0.875. The van der Waals surface area contributed by atoms with E-state index in [1.54, 1.807) is 55.4 Å². The highest BCUT2D eigenvalue weighted by Gasteiger charge is 2.59. The van der Waals surface area contributed by atoms with E-state index in [9.17, 15) is 19.2 Å². The first-order chi connectivity index (χ1) is 19.4. The summed E-state index contributed by atoms with van der Waals surface area (Å²) in [4.78, 5) is 51.3. The van der Waals surface area contributed by atoms with Gasteiger partial charge in [-0.05, 0) is 36.0 Å². The van der Waals surface area contributed by atoms with Crippen LogP contribution >= 0.6 is 0 Å². The lowest BCUT2D eigenvalue weighted by Crippen LogP contribution is -2.65. The Bertz CT molecular complexity index is 986. The summed E-state index contributed by atoms with van der Waals surface area (Å²) < 4.78 is 36.3. The second-order valence-corrected chi connectivity index (χ2v) is 14.1. The summed E-state index contributed by atoms with van der Waals surface area (Å²) in [6, 6.07) is 0. The summed E-state index contributed by atoms with van der Waals surface area (Å²) in [5.74, 6) is -2.87. The quantitative estimate of drug-likeness (QED) is 0.245. The minimum atomic E-state index is -1.25. The summed E-state index contributed by atoms with van der Waals surface area (Å²) in [5.41, 5.74) is 0.218. The summed E-state index contributed by atoms with van der Waals surface area (Å²) in [7, 11) is 0. The monoisotopic (exact) mass is 596 g/mol. The molecule has 3 saturated carbocycles. The zero-order chi connectivity index (χ0) is 31.7. The van der Waals surface area contributed by atoms with Gasteiger partial charge in [-0.15, -0.1) is 0 Å². The van der Waals surface area contributed by atoms with Crippen molar-refractivity contribution >= 4 is 23.9 Å². The topological polar surface area (TPSA) is 124 Å². The Morgan fingerprint density at radius 2 is 1.19 bits per heavy atom. The molecule has 0 radical (unpaired) electrons. The lowest BCUT2D eigenvalue weighted by molar-refractivity contribution is -0.332. The van der Waals surface area contributed by atoms with Gasteiger partial charge >= 0.3 is 23.9 Å². The van der Waals surface area contributed by atoms with Crippen LogP contribution in [0, 0.1) is 46.8 Å². The molecule has 2 bridgehead atoms. The van der Waals surface area contributed by atoms with Gasteiger partial charge in [0.1, 0.15) is 12.7 Å². The molecule has 4 rings (SSSR count). The molecule has 10 heteroatoms. The smallest absolute Gasteiger partial charge is 0.308 e. The fourth-order valence-electron chi connectivity index (χ4n) is 6.12. The van der Waals surface area contributed by atoms with Crippen LogP contribution in [-0.2, 0) is 47.6 Å². The van der Waals surface area contributed by atoms with Crippen molar-refractivity contribution in [1.29, 1.82) is 0 Å². The van der Waals surface area contributed by atoms with Gasteiger partial charge in [0.25, 0.3) is 0 Å². The van der Waals surface area contributed by atoms with Crippen molar-refractivity contribution in [2.24, 2.45) is 46.8 Å². The second kappa shape index (κ2) is 13.6. The number of hydrogen-bond donors (Lipinski definition) is 0. The molecule has 1 aliphatic heterocycles. The first kappa shape index (κ1) is 34.3. The third-order valence-corrected chi connectivity index (χ3v) is 9.22. The average Bonchev–Trinajstić information content (AvgIpc) is 2.90. The van der Waals surface area contributed by atoms with Crippen molar-refractivity contribution in [2.45, 2.75) is 126 Å². The zero-order valence-corrected chi connectivity index (χ0v) is 27.2. The Labute approximate surface area is 250 Å². The zero-order valence-electron chi connectivity index (χ0n) is 27.2. The summed E-state index contributed by atoms with van der Waals surface area (Å²) in [6.07, 6.45) is -4.12. The van der Waals surface area contributed by atoms with E-state index in [1.165, 1.54) is 0 Å². The van der Waals surface area contributed by atoms with Crippen LogP contribution in [0.2, 0.25) is 0 Å². The molecule has 1 saturated heterocycles. The maximum atomic E-state index is 13.0. The summed E-state index contributed by atoms with van der Waals surface area (Å²) in [6.45, 7) is 20.0. The van der Waals surface area contributed by atoms with Crippen molar-refractivity contribution in [1.82, 2.24) is 0 Å². The normalized spacial score (nSPS) is 33.7. The van der Waals surface area contributed by atoms with E-state index in [1.807, 2.05) is 0 Å². The van der Waals surface area contributed by atoms with E-state index in [0.717, 1.165) is 12.8 Å². The molecule has 0 amide bonds. The second-order valence-electron chi connectivity index (χ2n) is 14.1. The van der Waals surface area contributed by atoms with Gasteiger partial charge in [-0.2, -0.15) is 0 Å². The maximum absolute atomic E-state index is 13.0. The van der Waals surface area contributed by atoms with Crippen molar-refractivity contribution < 1.29 is 47.6 Å². The van der Waals surface area contributed by atoms with E-state index in [-0.39, 0.29) is 24.0 Å². The van der Waals surface area contributed by atoms with E-state index in [2.05, 4.69) is 20.8 Å². The molecule has 4 fully saturated rings. The number of rotatable bonds is 11. The largest absolute Gasteiger partial charge is 0.463 e. The van der Waals surface area contributed by atoms with Crippen LogP contribution < -0.4 is 0 Å². The Morgan fingerprint density at radius 3 is 1.64 bits per heavy atom. The minimum Gasteiger partial charge on any atom is -0.463 e. The maximum Gasteiger partial charge on any atom is 0.308 e. The molecular weight excluding hydrogens is 544 g/mol. The highest BCUT2D eigenvalue weighted by Crippen LogP contribution is 2.62. The molecule has 0 unspecified atom stereocenters. The van der Waals surface area contributed by atoms with Crippen LogP contribution in [-0.4, -0.2) is 67.3 Å². The number of ether oxygens (including phenoxy) is 6. The number of carbonyl (C=O) groups is 4. The molecule has 4 aliphatic rings. The Hall–Kier alpha value is -2.20. The van der Waals surface area contributed by atoms with Crippen LogP contribution in [0.15, 0.2) is 0 Å². The van der Waals surface area contributed by atoms with Crippen LogP contribution in [0.4, 0.5) is 0 Å². The van der Waals surface area contributed by atoms with Crippen molar-refractivity contribution in [2.75, 3.05) is 6.61 Å². The molecule has 1 heterocycles. The van der Waals surface area contributed by atoms with Crippen molar-refractivity contribution in [3.8, 4) is 0 Å². The van der Waals surface area contributed by atoms with Crippen LogP contribution in [0.25, 0.3) is 0 Å². The Balaban J connectivity index is 2.02. The molecule has 0 N–H and O–H groups in total. The third kappa shape index (κ3) is 7.47. The highest BCUT2D eigenvalue weighted by molar-refractivity contribution is 5.74. The predicted molar refractivity (Wildman–Crippen MR) is 153 cm³/mol. The lowest BCUT2D eigenvalue weighted by Gasteiger charge is -2.62. The van der Waals surface area contributed by atoms with Gasteiger partial charge in [0, 0.05) is 0 Å². The molecule has 0 spiro atoms. The van der Waals surface area contributed by atoms with Gasteiger partial charge in [0.05, 0.1) is 29.8 Å². The molecular formula is C32H52O10. The van der Waals surface area contributed by atoms with E-state index >= 15 is 0 Å². The van der Waals surface area contributed by atoms with Gasteiger partial charge in [-0.25, -0.2) is 0 Å². The number of hydrogen-bond acceptors (Lipinski definition) is 10. The SMILES string of the molecule is CC(C)C(=O)OC[C@H]1O[C@@H](O[C@@H]2C[C@@H]3C[C@H]([C@H]2C)C3(C)C)[C@H](OC(=O)C(C)C)[C@@H](OC(=O)C(C)C)[C@@H]1OC(=O)C(C)C. The van der Waals surface area contributed by atoms with Gasteiger partial charge in [-0.1, -0.05) is 76.2 Å². The molecule has 42 heavy (non-hydrogen) atoms. The summed E-state index contributed by atoms with van der Waals surface area (Å²) in [5, 5.41) is 0. The average molecular weight is 597 g/mol. The van der Waals surface area contributed by atoms with Crippen molar-refractivity contribution in [3.05, 3.63) is 0 Å². The van der Waals surface area contributed by atoms with Crippen LogP contribution in [0.1, 0.15) is 89.0 Å². The minimum absolute atomic E-state index is 0.192. The molecule has 10 nitrogen and oxygen atoms in total. The standard InChI is InChI=1S/C32H52O10/c1-15(2)27(33)37-14-23-24(40-28(34)16(3)4)25(41-29(35)17(5)6)26(42-30(36)18(7)8)31(39-23)38-22-13-20-12-21(19(22)9)32(20,10)11/h15-26,31H,12-14H2,1-11H3/t19-,20+,21-,22-,23-,24-,25+,26-,31-/m1/s1. The van der Waals surface area contributed by atoms with Crippen LogP contribution in [0.3, 0.4) is 0 Å². The summed E-state index contributed by atoms with van der Waals surface area (Å²) >= 11 is 0. The van der Waals surface area contributed by atoms with Gasteiger partial charge < -0.3 is 28.4 Å². The van der Waals surface area contributed by atoms with Gasteiger partial charge in [-0.3, -0.25) is 19.2 Å². The first-order valence-corrected chi connectivity index (χ1v) is 15.5. The van der Waals surface area contributed by atoms with Gasteiger partial charge in [0.15, 0.2) is 24.6 Å². The van der Waals surface area contributed by atoms with Crippen LogP contribution in [0.5, 0.6) is 0 Å². The van der Waals surface area contributed by atoms with Gasteiger partial charge in [0.2, 0.25) is 0 Å². The first-order valence-electron chi connectivity index (χ1n) is 15.5. The van der Waals surface area contributed by atoms with E-state index < -0.39 is 78.3 Å². The Morgan fingerprint density at radius 1 is 0.714 bits per heavy atom. The molecule has 3 aliphatic carbocycles. The molecule has 9 atom stereocenters. The molecule has 0 aromatic carbocycles. The molecule has 240 valence electrons. The molecule has 0 aromatic heterocycles. The van der Waals surface area contributed by atoms with E-state index in [0.29, 0.717) is 11.8 Å². The number of carbonyl (C=O) groups excluding carboxylic acids is 4. The van der Waals surface area contributed by atoms with Crippen molar-refractivity contribution in [3.63, 3.8) is 0 Å². The highest BCUT2D eigenvalue weighted by atomic mass is 16.7.